The largest absolute Gasteiger partial charge is 0.329 e. The Balaban J connectivity index is 2.22. The number of hydrogen-bond acceptors (Lipinski definition) is 5. The van der Waals surface area contributed by atoms with Crippen LogP contribution in [0.1, 0.15) is 13.3 Å². The fourth-order valence-electron chi connectivity index (χ4n) is 2.10. The summed E-state index contributed by atoms with van der Waals surface area (Å²) in [5.74, 6) is 0.623. The van der Waals surface area contributed by atoms with Crippen LogP contribution in [-0.4, -0.2) is 75.5 Å². The molecule has 0 aromatic heterocycles. The first-order valence-electron chi connectivity index (χ1n) is 6.42. The molecule has 0 radical (unpaired) electrons. The van der Waals surface area contributed by atoms with E-state index in [9.17, 15) is 8.42 Å². The van der Waals surface area contributed by atoms with Gasteiger partial charge in [-0.15, -0.1) is 0 Å². The normalized spacial score (nSPS) is 19.6. The van der Waals surface area contributed by atoms with Crippen LogP contribution in [-0.2, 0) is 9.84 Å². The topological polar surface area (TPSA) is 66.6 Å². The number of nitrogens with two attached hydrogens (primary N) is 1. The number of hydrogen-bond donors (Lipinski definition) is 1. The van der Waals surface area contributed by atoms with E-state index in [0.717, 1.165) is 32.7 Å². The molecule has 0 aliphatic carbocycles. The zero-order valence-corrected chi connectivity index (χ0v) is 11.6. The molecule has 0 bridgehead atoms. The molecule has 0 aromatic rings. The van der Waals surface area contributed by atoms with E-state index in [0.29, 0.717) is 31.0 Å². The molecule has 0 atom stereocenters. The van der Waals surface area contributed by atoms with Crippen molar-refractivity contribution in [1.82, 2.24) is 9.80 Å². The zero-order valence-electron chi connectivity index (χ0n) is 10.8. The van der Waals surface area contributed by atoms with Gasteiger partial charge >= 0.3 is 0 Å². The third-order valence-corrected chi connectivity index (χ3v) is 4.98. The van der Waals surface area contributed by atoms with Gasteiger partial charge in [-0.2, -0.15) is 0 Å². The summed E-state index contributed by atoms with van der Waals surface area (Å²) in [4.78, 5) is 4.57. The van der Waals surface area contributed by atoms with Crippen molar-refractivity contribution in [3.8, 4) is 0 Å². The van der Waals surface area contributed by atoms with Gasteiger partial charge in [0.25, 0.3) is 0 Å². The maximum atomic E-state index is 11.6. The first-order chi connectivity index (χ1) is 8.07. The van der Waals surface area contributed by atoms with Crippen LogP contribution in [0.3, 0.4) is 0 Å². The first-order valence-corrected chi connectivity index (χ1v) is 8.24. The lowest BCUT2D eigenvalue weighted by Crippen LogP contribution is -2.48. The van der Waals surface area contributed by atoms with E-state index in [1.54, 1.807) is 0 Å². The molecule has 0 unspecified atom stereocenters. The Labute approximate surface area is 105 Å². The molecular formula is C11H25N3O2S. The lowest BCUT2D eigenvalue weighted by atomic mass is 10.3. The van der Waals surface area contributed by atoms with E-state index in [1.807, 2.05) is 6.92 Å². The molecule has 17 heavy (non-hydrogen) atoms. The second kappa shape index (κ2) is 7.31. The maximum absolute atomic E-state index is 11.6. The molecule has 0 saturated carbocycles. The lowest BCUT2D eigenvalue weighted by Gasteiger charge is -2.34. The van der Waals surface area contributed by atoms with E-state index >= 15 is 0 Å². The molecule has 1 saturated heterocycles. The van der Waals surface area contributed by atoms with Gasteiger partial charge < -0.3 is 5.73 Å². The maximum Gasteiger partial charge on any atom is 0.151 e. The summed E-state index contributed by atoms with van der Waals surface area (Å²) >= 11 is 0. The van der Waals surface area contributed by atoms with Crippen molar-refractivity contribution in [1.29, 1.82) is 0 Å². The monoisotopic (exact) mass is 263 g/mol. The molecule has 5 nitrogen and oxygen atoms in total. The van der Waals surface area contributed by atoms with E-state index in [-0.39, 0.29) is 0 Å². The summed E-state index contributed by atoms with van der Waals surface area (Å²) < 4.78 is 23.2. The van der Waals surface area contributed by atoms with Gasteiger partial charge in [0.1, 0.15) is 0 Å². The highest BCUT2D eigenvalue weighted by atomic mass is 32.2. The highest BCUT2D eigenvalue weighted by Gasteiger charge is 2.18. The van der Waals surface area contributed by atoms with Crippen LogP contribution in [0.25, 0.3) is 0 Å². The van der Waals surface area contributed by atoms with Crippen molar-refractivity contribution in [2.24, 2.45) is 5.73 Å². The van der Waals surface area contributed by atoms with Crippen LogP contribution < -0.4 is 5.73 Å². The van der Waals surface area contributed by atoms with Gasteiger partial charge in [0.05, 0.1) is 5.75 Å². The predicted octanol–water partition coefficient (Wildman–Crippen LogP) is -0.612. The average molecular weight is 263 g/mol. The van der Waals surface area contributed by atoms with Crippen LogP contribution in [0, 0.1) is 0 Å². The summed E-state index contributed by atoms with van der Waals surface area (Å²) in [6, 6.07) is 0. The van der Waals surface area contributed by atoms with Gasteiger partial charge in [0.2, 0.25) is 0 Å². The van der Waals surface area contributed by atoms with Crippen LogP contribution in [0.5, 0.6) is 0 Å². The summed E-state index contributed by atoms with van der Waals surface area (Å²) in [6.45, 7) is 8.16. The Morgan fingerprint density at radius 1 is 1.00 bits per heavy atom. The van der Waals surface area contributed by atoms with E-state index in [1.165, 1.54) is 0 Å². The second-order valence-electron chi connectivity index (χ2n) is 4.62. The van der Waals surface area contributed by atoms with Crippen molar-refractivity contribution in [2.45, 2.75) is 13.3 Å². The van der Waals surface area contributed by atoms with E-state index in [4.69, 9.17) is 5.73 Å². The van der Waals surface area contributed by atoms with Crippen LogP contribution in [0.15, 0.2) is 0 Å². The molecule has 1 heterocycles. The van der Waals surface area contributed by atoms with Crippen LogP contribution in [0.2, 0.25) is 0 Å². The van der Waals surface area contributed by atoms with Crippen LogP contribution >= 0.6 is 0 Å². The van der Waals surface area contributed by atoms with Crippen LogP contribution in [0.4, 0.5) is 0 Å². The van der Waals surface area contributed by atoms with Gasteiger partial charge in [-0.05, 0) is 6.42 Å². The SMILES string of the molecule is CCCS(=O)(=O)CCN1CCN(CCN)CC1. The van der Waals surface area contributed by atoms with Gasteiger partial charge in [0.15, 0.2) is 9.84 Å². The lowest BCUT2D eigenvalue weighted by molar-refractivity contribution is 0.141. The molecule has 1 rings (SSSR count). The van der Waals surface area contributed by atoms with Gasteiger partial charge in [0, 0.05) is 51.6 Å². The molecule has 1 aliphatic heterocycles. The van der Waals surface area contributed by atoms with Crippen molar-refractivity contribution in [3.63, 3.8) is 0 Å². The predicted molar refractivity (Wildman–Crippen MR) is 70.9 cm³/mol. The standard InChI is InChI=1S/C11H25N3O2S/c1-2-10-17(15,16)11-9-14-7-5-13(4-3-12)6-8-14/h2-12H2,1H3. The number of rotatable bonds is 7. The van der Waals surface area contributed by atoms with Crippen molar-refractivity contribution >= 4 is 9.84 Å². The fourth-order valence-corrected chi connectivity index (χ4v) is 3.46. The second-order valence-corrected chi connectivity index (χ2v) is 6.93. The van der Waals surface area contributed by atoms with Crippen molar-refractivity contribution in [2.75, 3.05) is 57.3 Å². The zero-order chi connectivity index (χ0) is 12.7. The fraction of sp³-hybridized carbons (Fsp3) is 1.00. The number of piperazine rings is 1. The molecule has 0 spiro atoms. The minimum absolute atomic E-state index is 0.303. The molecule has 0 aromatic carbocycles. The van der Waals surface area contributed by atoms with E-state index < -0.39 is 9.84 Å². The summed E-state index contributed by atoms with van der Waals surface area (Å²) in [7, 11) is -2.83. The summed E-state index contributed by atoms with van der Waals surface area (Å²) in [5.41, 5.74) is 5.51. The Morgan fingerprint density at radius 3 is 2.00 bits per heavy atom. The highest BCUT2D eigenvalue weighted by molar-refractivity contribution is 7.91. The number of nitrogens with zero attached hydrogens (tertiary/aromatic N) is 2. The quantitative estimate of drug-likeness (QED) is 0.663. The Morgan fingerprint density at radius 2 is 1.53 bits per heavy atom. The first kappa shape index (κ1) is 14.9. The minimum atomic E-state index is -2.83. The van der Waals surface area contributed by atoms with Gasteiger partial charge in [-0.3, -0.25) is 9.80 Å². The third-order valence-electron chi connectivity index (χ3n) is 3.14. The molecule has 2 N–H and O–H groups in total. The molecule has 0 amide bonds. The molecule has 6 heteroatoms. The molecular weight excluding hydrogens is 238 g/mol. The Bertz CT molecular complexity index is 298. The highest BCUT2D eigenvalue weighted by Crippen LogP contribution is 2.02. The molecule has 1 aliphatic rings. The molecule has 1 fully saturated rings. The Hall–Kier alpha value is -0.170. The summed E-state index contributed by atoms with van der Waals surface area (Å²) in [5, 5.41) is 0. The third kappa shape index (κ3) is 5.81. The number of sulfone groups is 1. The van der Waals surface area contributed by atoms with Crippen molar-refractivity contribution < 1.29 is 8.42 Å². The minimum Gasteiger partial charge on any atom is -0.329 e. The summed E-state index contributed by atoms with van der Waals surface area (Å²) in [6.07, 6.45) is 0.715. The van der Waals surface area contributed by atoms with Crippen molar-refractivity contribution in [3.05, 3.63) is 0 Å². The van der Waals surface area contributed by atoms with Gasteiger partial charge in [-0.25, -0.2) is 8.42 Å². The average Bonchev–Trinajstić information content (AvgIpc) is 2.29. The Kier molecular flexibility index (Phi) is 6.40. The smallest absolute Gasteiger partial charge is 0.151 e. The molecule has 102 valence electrons. The van der Waals surface area contributed by atoms with E-state index in [2.05, 4.69) is 9.80 Å². The van der Waals surface area contributed by atoms with Gasteiger partial charge in [-0.1, -0.05) is 6.92 Å².